The second-order valence-electron chi connectivity index (χ2n) is 8.76. The molecule has 1 N–H and O–H groups in total. The molecule has 4 aromatic rings. The summed E-state index contributed by atoms with van der Waals surface area (Å²) in [5.41, 5.74) is 4.03. The first-order valence-electron chi connectivity index (χ1n) is 11.6. The summed E-state index contributed by atoms with van der Waals surface area (Å²) in [6.45, 7) is 1.98. The minimum atomic E-state index is -1.98. The number of benzene rings is 4. The molecule has 2 atom stereocenters. The van der Waals surface area contributed by atoms with E-state index in [-0.39, 0.29) is 0 Å². The van der Waals surface area contributed by atoms with Gasteiger partial charge in [-0.3, -0.25) is 0 Å². The molecule has 0 aliphatic carbocycles. The maximum Gasteiger partial charge on any atom is 0.345 e. The van der Waals surface area contributed by atoms with Crippen LogP contribution in [-0.4, -0.2) is 18.2 Å². The number of fused-ring (bicyclic) bond motifs is 1. The van der Waals surface area contributed by atoms with Gasteiger partial charge in [0.2, 0.25) is 5.60 Å². The normalized spacial score (nSPS) is 16.6. The lowest BCUT2D eigenvalue weighted by molar-refractivity contribution is -0.166. The molecule has 0 saturated carbocycles. The van der Waals surface area contributed by atoms with Crippen LogP contribution >= 0.6 is 0 Å². The molecule has 35 heavy (non-hydrogen) atoms. The third-order valence-electron chi connectivity index (χ3n) is 6.59. The molecule has 0 amide bonds. The van der Waals surface area contributed by atoms with Gasteiger partial charge in [0.15, 0.2) is 0 Å². The lowest BCUT2D eigenvalue weighted by atomic mass is 9.77. The van der Waals surface area contributed by atoms with E-state index >= 15 is 0 Å². The van der Waals surface area contributed by atoms with E-state index < -0.39 is 17.6 Å². The number of aliphatic hydroxyl groups is 1. The number of nitrogens with zero attached hydrogens (tertiary/aromatic N) is 1. The zero-order valence-electron chi connectivity index (χ0n) is 19.8. The van der Waals surface area contributed by atoms with Crippen molar-refractivity contribution in [3.63, 3.8) is 0 Å². The minimum Gasteiger partial charge on any atom is -0.467 e. The molecule has 0 aromatic heterocycles. The summed E-state index contributed by atoms with van der Waals surface area (Å²) in [6.07, 6.45) is 2.11. The Labute approximate surface area is 205 Å². The Morgan fingerprint density at radius 3 is 2.09 bits per heavy atom. The van der Waals surface area contributed by atoms with E-state index in [2.05, 4.69) is 11.0 Å². The van der Waals surface area contributed by atoms with Gasteiger partial charge in [0.25, 0.3) is 0 Å². The smallest absolute Gasteiger partial charge is 0.345 e. The van der Waals surface area contributed by atoms with Crippen molar-refractivity contribution in [1.82, 2.24) is 0 Å². The highest BCUT2D eigenvalue weighted by atomic mass is 16.5. The Hall–Kier alpha value is -4.15. The van der Waals surface area contributed by atoms with Gasteiger partial charge < -0.3 is 14.7 Å². The fourth-order valence-electron chi connectivity index (χ4n) is 4.86. The summed E-state index contributed by atoms with van der Waals surface area (Å²) in [7, 11) is 1.32. The van der Waals surface area contributed by atoms with Gasteiger partial charge in [-0.05, 0) is 47.4 Å². The van der Waals surface area contributed by atoms with Crippen LogP contribution in [-0.2, 0) is 15.1 Å². The van der Waals surface area contributed by atoms with E-state index in [0.717, 1.165) is 33.6 Å². The van der Waals surface area contributed by atoms with Gasteiger partial charge in [0, 0.05) is 11.4 Å². The maximum atomic E-state index is 13.5. The molecule has 0 spiro atoms. The van der Waals surface area contributed by atoms with E-state index in [4.69, 9.17) is 4.74 Å². The standard InChI is InChI=1S/C31H27NO3/c1-22-17-19-25(20-18-22)31(34,30(33)35-2)29-27-16-10-9-13-24(27)21-28(23-11-5-3-6-12-23)32(29)26-14-7-4-8-15-26/h3-21,29,34H,1-2H3. The van der Waals surface area contributed by atoms with Gasteiger partial charge in [0.1, 0.15) is 6.04 Å². The van der Waals surface area contributed by atoms with E-state index in [9.17, 15) is 9.90 Å². The summed E-state index contributed by atoms with van der Waals surface area (Å²) in [6, 6.07) is 34.4. The van der Waals surface area contributed by atoms with Crippen molar-refractivity contribution in [3.05, 3.63) is 137 Å². The maximum absolute atomic E-state index is 13.5. The zero-order valence-corrected chi connectivity index (χ0v) is 19.8. The Balaban J connectivity index is 1.84. The van der Waals surface area contributed by atoms with Crippen LogP contribution in [0.4, 0.5) is 5.69 Å². The molecule has 1 heterocycles. The molecule has 5 rings (SSSR count). The molecular formula is C31H27NO3. The van der Waals surface area contributed by atoms with E-state index in [0.29, 0.717) is 5.56 Å². The molecule has 1 aliphatic heterocycles. The number of aryl methyl sites for hydroxylation is 1. The Bertz CT molecular complexity index is 1360. The van der Waals surface area contributed by atoms with Crippen LogP contribution < -0.4 is 4.90 Å². The average molecular weight is 462 g/mol. The Kier molecular flexibility index (Phi) is 5.98. The third-order valence-corrected chi connectivity index (χ3v) is 6.59. The second kappa shape index (κ2) is 9.24. The highest BCUT2D eigenvalue weighted by Gasteiger charge is 2.53. The second-order valence-corrected chi connectivity index (χ2v) is 8.76. The van der Waals surface area contributed by atoms with Crippen molar-refractivity contribution in [2.24, 2.45) is 0 Å². The van der Waals surface area contributed by atoms with E-state index in [1.54, 1.807) is 12.1 Å². The number of esters is 1. The number of methoxy groups -OCH3 is 1. The number of carbonyl (C=O) groups excluding carboxylic acids is 1. The van der Waals surface area contributed by atoms with Gasteiger partial charge in [-0.15, -0.1) is 0 Å². The number of ether oxygens (including phenoxy) is 1. The van der Waals surface area contributed by atoms with E-state index in [1.165, 1.54) is 7.11 Å². The monoisotopic (exact) mass is 461 g/mol. The fraction of sp³-hybridized carbons (Fsp3) is 0.129. The number of hydrogen-bond donors (Lipinski definition) is 1. The molecule has 0 bridgehead atoms. The van der Waals surface area contributed by atoms with Crippen molar-refractivity contribution >= 4 is 23.4 Å². The third kappa shape index (κ3) is 3.92. The van der Waals surface area contributed by atoms with Crippen LogP contribution in [0.1, 0.15) is 33.9 Å². The zero-order chi connectivity index (χ0) is 24.4. The first kappa shape index (κ1) is 22.6. The minimum absolute atomic E-state index is 0.477. The van der Waals surface area contributed by atoms with Crippen molar-refractivity contribution in [1.29, 1.82) is 0 Å². The molecule has 0 fully saturated rings. The molecule has 0 radical (unpaired) electrons. The van der Waals surface area contributed by atoms with Crippen LogP contribution in [0.2, 0.25) is 0 Å². The van der Waals surface area contributed by atoms with Gasteiger partial charge >= 0.3 is 5.97 Å². The molecular weight excluding hydrogens is 434 g/mol. The van der Waals surface area contributed by atoms with Crippen molar-refractivity contribution in [2.45, 2.75) is 18.6 Å². The first-order valence-corrected chi connectivity index (χ1v) is 11.6. The topological polar surface area (TPSA) is 49.8 Å². The van der Waals surface area contributed by atoms with Crippen molar-refractivity contribution in [3.8, 4) is 0 Å². The predicted octanol–water partition coefficient (Wildman–Crippen LogP) is 6.12. The number of carbonyl (C=O) groups is 1. The molecule has 174 valence electrons. The summed E-state index contributed by atoms with van der Waals surface area (Å²) in [5, 5.41) is 12.5. The highest BCUT2D eigenvalue weighted by Crippen LogP contribution is 2.50. The lowest BCUT2D eigenvalue weighted by Gasteiger charge is -2.46. The molecule has 4 nitrogen and oxygen atoms in total. The summed E-state index contributed by atoms with van der Waals surface area (Å²) in [5.74, 6) is -0.712. The fourth-order valence-corrected chi connectivity index (χ4v) is 4.86. The largest absolute Gasteiger partial charge is 0.467 e. The Morgan fingerprint density at radius 2 is 1.43 bits per heavy atom. The molecule has 2 unspecified atom stereocenters. The average Bonchev–Trinajstić information content (AvgIpc) is 2.92. The molecule has 4 heteroatoms. The first-order chi connectivity index (χ1) is 17.0. The van der Waals surface area contributed by atoms with Gasteiger partial charge in [-0.2, -0.15) is 0 Å². The Morgan fingerprint density at radius 1 is 0.829 bits per heavy atom. The number of hydrogen-bond acceptors (Lipinski definition) is 4. The number of rotatable bonds is 5. The van der Waals surface area contributed by atoms with Gasteiger partial charge in [-0.1, -0.05) is 103 Å². The number of para-hydroxylation sites is 1. The highest BCUT2D eigenvalue weighted by molar-refractivity contribution is 5.96. The lowest BCUT2D eigenvalue weighted by Crippen LogP contribution is -2.50. The van der Waals surface area contributed by atoms with Crippen LogP contribution in [0.15, 0.2) is 109 Å². The van der Waals surface area contributed by atoms with Gasteiger partial charge in [0.05, 0.1) is 7.11 Å². The summed E-state index contributed by atoms with van der Waals surface area (Å²) in [4.78, 5) is 15.6. The van der Waals surface area contributed by atoms with Crippen LogP contribution in [0.3, 0.4) is 0 Å². The van der Waals surface area contributed by atoms with Gasteiger partial charge in [-0.25, -0.2) is 4.79 Å². The summed E-state index contributed by atoms with van der Waals surface area (Å²) >= 11 is 0. The van der Waals surface area contributed by atoms with Crippen molar-refractivity contribution in [2.75, 3.05) is 12.0 Å². The van der Waals surface area contributed by atoms with Crippen LogP contribution in [0, 0.1) is 6.92 Å². The molecule has 4 aromatic carbocycles. The van der Waals surface area contributed by atoms with Crippen molar-refractivity contribution < 1.29 is 14.6 Å². The van der Waals surface area contributed by atoms with E-state index in [1.807, 2.05) is 104 Å². The number of anilines is 1. The van der Waals surface area contributed by atoms with Crippen LogP contribution in [0.5, 0.6) is 0 Å². The molecule has 1 aliphatic rings. The quantitative estimate of drug-likeness (QED) is 0.364. The van der Waals surface area contributed by atoms with Crippen LogP contribution in [0.25, 0.3) is 11.8 Å². The SMILES string of the molecule is COC(=O)C(O)(c1ccc(C)cc1)C1c2ccccc2C=C(c2ccccc2)N1c1ccccc1. The predicted molar refractivity (Wildman–Crippen MR) is 140 cm³/mol. The summed E-state index contributed by atoms with van der Waals surface area (Å²) < 4.78 is 5.26. The molecule has 0 saturated heterocycles.